The molecule has 27 heavy (non-hydrogen) atoms. The van der Waals surface area contributed by atoms with E-state index in [-0.39, 0.29) is 5.82 Å². The van der Waals surface area contributed by atoms with Crippen molar-refractivity contribution < 1.29 is 4.39 Å². The van der Waals surface area contributed by atoms with Crippen LogP contribution in [0.2, 0.25) is 0 Å². The molecule has 0 bridgehead atoms. The molecule has 0 atom stereocenters. The summed E-state index contributed by atoms with van der Waals surface area (Å²) in [4.78, 5) is 17.1. The molecule has 0 radical (unpaired) electrons. The van der Waals surface area contributed by atoms with E-state index in [4.69, 9.17) is 5.73 Å². The monoisotopic (exact) mass is 369 g/mol. The fourth-order valence-corrected chi connectivity index (χ4v) is 2.76. The third-order valence-corrected chi connectivity index (χ3v) is 4.15. The Balaban J connectivity index is 2.06. The van der Waals surface area contributed by atoms with Gasteiger partial charge in [0.1, 0.15) is 17.5 Å². The number of alkyl halides is 1. The summed E-state index contributed by atoms with van der Waals surface area (Å²) in [6.07, 6.45) is 5.02. The van der Waals surface area contributed by atoms with E-state index in [1.807, 2.05) is 27.0 Å². The molecule has 3 aromatic rings. The van der Waals surface area contributed by atoms with Crippen molar-refractivity contribution in [2.75, 3.05) is 17.7 Å². The highest BCUT2D eigenvalue weighted by Gasteiger charge is 2.23. The van der Waals surface area contributed by atoms with E-state index in [0.29, 0.717) is 11.6 Å². The van der Waals surface area contributed by atoms with Crippen molar-refractivity contribution in [1.82, 2.24) is 19.9 Å². The van der Waals surface area contributed by atoms with Crippen LogP contribution in [0.5, 0.6) is 0 Å². The second-order valence-electron chi connectivity index (χ2n) is 7.47. The summed E-state index contributed by atoms with van der Waals surface area (Å²) < 4.78 is 14.1. The fourth-order valence-electron chi connectivity index (χ4n) is 2.76. The maximum absolute atomic E-state index is 14.1. The topological polar surface area (TPSA) is 102 Å². The SMILES string of the molecule is CNc1ncc(C(C)(C)N)c2cc(Nc3ccnc(C(C)(C)F)n3)ncc12. The molecule has 0 fully saturated rings. The number of hydrogen-bond donors (Lipinski definition) is 3. The Hall–Kier alpha value is -2.87. The van der Waals surface area contributed by atoms with Crippen molar-refractivity contribution in [2.24, 2.45) is 5.73 Å². The highest BCUT2D eigenvalue weighted by molar-refractivity contribution is 5.95. The van der Waals surface area contributed by atoms with E-state index in [1.54, 1.807) is 18.5 Å². The Labute approximate surface area is 157 Å². The number of halogens is 1. The van der Waals surface area contributed by atoms with Crippen molar-refractivity contribution >= 4 is 28.2 Å². The molecule has 4 N–H and O–H groups in total. The first-order valence-electron chi connectivity index (χ1n) is 8.65. The third kappa shape index (κ3) is 3.95. The molecule has 0 aliphatic carbocycles. The molecule has 0 saturated heterocycles. The van der Waals surface area contributed by atoms with Crippen LogP contribution in [0.25, 0.3) is 10.8 Å². The van der Waals surface area contributed by atoms with Gasteiger partial charge in [-0.2, -0.15) is 0 Å². The summed E-state index contributed by atoms with van der Waals surface area (Å²) in [6.45, 7) is 6.69. The second kappa shape index (κ2) is 6.70. The maximum atomic E-state index is 14.1. The predicted octanol–water partition coefficient (Wildman–Crippen LogP) is 3.60. The molecule has 3 aromatic heterocycles. The first kappa shape index (κ1) is 18.9. The van der Waals surface area contributed by atoms with Crippen LogP contribution >= 0.6 is 0 Å². The molecule has 3 rings (SSSR count). The molecule has 0 aliphatic rings. The van der Waals surface area contributed by atoms with Crippen LogP contribution < -0.4 is 16.4 Å². The normalized spacial score (nSPS) is 12.3. The standard InChI is InChI=1S/C19H24FN7/c1-18(2,20)17-23-7-6-14(27-17)26-15-8-11-12(9-24-15)16(22-5)25-10-13(11)19(3,4)21/h6-10H,21H2,1-5H3,(H,22,25)(H,23,24,26,27). The summed E-state index contributed by atoms with van der Waals surface area (Å²) in [7, 11) is 1.81. The Kier molecular flexibility index (Phi) is 4.69. The van der Waals surface area contributed by atoms with Gasteiger partial charge in [0.15, 0.2) is 11.5 Å². The number of anilines is 3. The van der Waals surface area contributed by atoms with Gasteiger partial charge in [-0.1, -0.05) is 0 Å². The second-order valence-corrected chi connectivity index (χ2v) is 7.47. The lowest BCUT2D eigenvalue weighted by atomic mass is 9.93. The molecule has 142 valence electrons. The molecule has 0 spiro atoms. The van der Waals surface area contributed by atoms with Crippen molar-refractivity contribution in [3.63, 3.8) is 0 Å². The van der Waals surface area contributed by atoms with Crippen molar-refractivity contribution in [2.45, 2.75) is 38.9 Å². The number of aromatic nitrogens is 4. The van der Waals surface area contributed by atoms with E-state index >= 15 is 0 Å². The van der Waals surface area contributed by atoms with Crippen molar-refractivity contribution in [3.8, 4) is 0 Å². The molecule has 0 amide bonds. The first-order valence-corrected chi connectivity index (χ1v) is 8.65. The molecule has 0 unspecified atom stereocenters. The van der Waals surface area contributed by atoms with Gasteiger partial charge in [0.05, 0.1) is 0 Å². The van der Waals surface area contributed by atoms with Gasteiger partial charge < -0.3 is 16.4 Å². The van der Waals surface area contributed by atoms with Crippen LogP contribution in [0, 0.1) is 0 Å². The van der Waals surface area contributed by atoms with Crippen molar-refractivity contribution in [3.05, 3.63) is 42.1 Å². The summed E-state index contributed by atoms with van der Waals surface area (Å²) in [5, 5.41) is 7.98. The van der Waals surface area contributed by atoms with E-state index in [1.165, 1.54) is 20.0 Å². The van der Waals surface area contributed by atoms with Crippen LogP contribution in [0.4, 0.5) is 21.8 Å². The van der Waals surface area contributed by atoms with Crippen LogP contribution in [0.1, 0.15) is 39.1 Å². The molecular weight excluding hydrogens is 345 g/mol. The molecule has 8 heteroatoms. The largest absolute Gasteiger partial charge is 0.373 e. The maximum Gasteiger partial charge on any atom is 0.167 e. The van der Waals surface area contributed by atoms with Gasteiger partial charge in [-0.3, -0.25) is 0 Å². The van der Waals surface area contributed by atoms with Crippen LogP contribution in [0.3, 0.4) is 0 Å². The lowest BCUT2D eigenvalue weighted by molar-refractivity contribution is 0.206. The molecular formula is C19H24FN7. The summed E-state index contributed by atoms with van der Waals surface area (Å²) in [5.41, 5.74) is 5.02. The predicted molar refractivity (Wildman–Crippen MR) is 106 cm³/mol. The zero-order valence-electron chi connectivity index (χ0n) is 16.1. The minimum absolute atomic E-state index is 0.110. The van der Waals surface area contributed by atoms with Crippen LogP contribution in [0.15, 0.2) is 30.7 Å². The summed E-state index contributed by atoms with van der Waals surface area (Å²) in [5.74, 6) is 1.87. The van der Waals surface area contributed by atoms with Gasteiger partial charge in [-0.25, -0.2) is 24.3 Å². The van der Waals surface area contributed by atoms with Gasteiger partial charge in [0.2, 0.25) is 0 Å². The molecule has 7 nitrogen and oxygen atoms in total. The first-order chi connectivity index (χ1) is 12.6. The van der Waals surface area contributed by atoms with Crippen molar-refractivity contribution in [1.29, 1.82) is 0 Å². The minimum atomic E-state index is -1.63. The molecule has 0 aliphatic heterocycles. The lowest BCUT2D eigenvalue weighted by Crippen LogP contribution is -2.29. The van der Waals surface area contributed by atoms with E-state index in [9.17, 15) is 4.39 Å². The fraction of sp³-hybridized carbons (Fsp3) is 0.368. The minimum Gasteiger partial charge on any atom is -0.373 e. The number of nitrogens with one attached hydrogen (secondary N) is 2. The third-order valence-electron chi connectivity index (χ3n) is 4.15. The zero-order chi connectivity index (χ0) is 19.8. The van der Waals surface area contributed by atoms with E-state index in [2.05, 4.69) is 30.6 Å². The number of hydrogen-bond acceptors (Lipinski definition) is 7. The Morgan fingerprint density at radius 3 is 2.37 bits per heavy atom. The summed E-state index contributed by atoms with van der Waals surface area (Å²) in [6, 6.07) is 3.56. The number of fused-ring (bicyclic) bond motifs is 1. The van der Waals surface area contributed by atoms with Gasteiger partial charge >= 0.3 is 0 Å². The number of rotatable bonds is 5. The van der Waals surface area contributed by atoms with E-state index < -0.39 is 11.2 Å². The number of nitrogens with two attached hydrogens (primary N) is 1. The van der Waals surface area contributed by atoms with Gasteiger partial charge in [-0.15, -0.1) is 0 Å². The highest BCUT2D eigenvalue weighted by Crippen LogP contribution is 2.31. The lowest BCUT2D eigenvalue weighted by Gasteiger charge is -2.22. The molecule has 0 saturated carbocycles. The quantitative estimate of drug-likeness (QED) is 0.631. The average molecular weight is 369 g/mol. The Morgan fingerprint density at radius 2 is 1.74 bits per heavy atom. The van der Waals surface area contributed by atoms with Gasteiger partial charge in [-0.05, 0) is 50.8 Å². The molecule has 0 aromatic carbocycles. The highest BCUT2D eigenvalue weighted by atomic mass is 19.1. The van der Waals surface area contributed by atoms with Gasteiger partial charge in [0.25, 0.3) is 0 Å². The Morgan fingerprint density at radius 1 is 1.00 bits per heavy atom. The summed E-state index contributed by atoms with van der Waals surface area (Å²) >= 11 is 0. The smallest absolute Gasteiger partial charge is 0.167 e. The average Bonchev–Trinajstić information content (AvgIpc) is 2.59. The van der Waals surface area contributed by atoms with Crippen LogP contribution in [-0.2, 0) is 11.2 Å². The van der Waals surface area contributed by atoms with Crippen LogP contribution in [-0.4, -0.2) is 27.0 Å². The number of pyridine rings is 2. The number of nitrogens with zero attached hydrogens (tertiary/aromatic N) is 4. The van der Waals surface area contributed by atoms with Gasteiger partial charge in [0, 0.05) is 36.6 Å². The Bertz CT molecular complexity index is 974. The molecule has 3 heterocycles. The zero-order valence-corrected chi connectivity index (χ0v) is 16.1. The van der Waals surface area contributed by atoms with E-state index in [0.717, 1.165) is 22.2 Å².